The molecule has 1 amide bonds. The number of nitrogens with zero attached hydrogens (tertiary/aromatic N) is 2. The smallest absolute Gasteiger partial charge is 0.224 e. The quantitative estimate of drug-likeness (QED) is 0.220. The molecule has 1 saturated heterocycles. The number of hydrogen-bond acceptors (Lipinski definition) is 6. The van der Waals surface area contributed by atoms with E-state index in [2.05, 4.69) is 41.9 Å². The number of Topliss-reactive ketones (excluding diaryl/α,β-unsaturated/α-hetero) is 2. The van der Waals surface area contributed by atoms with Crippen molar-refractivity contribution < 1.29 is 14.4 Å². The summed E-state index contributed by atoms with van der Waals surface area (Å²) in [6.45, 7) is 11.0. The Balaban J connectivity index is 1.45. The molecule has 4 rings (SSSR count). The summed E-state index contributed by atoms with van der Waals surface area (Å²) in [6.07, 6.45) is 12.1. The Morgan fingerprint density at radius 2 is 1.83 bits per heavy atom. The summed E-state index contributed by atoms with van der Waals surface area (Å²) in [7, 11) is 0. The molecule has 2 fully saturated rings. The van der Waals surface area contributed by atoms with Gasteiger partial charge in [0.1, 0.15) is 5.78 Å². The van der Waals surface area contributed by atoms with Crippen LogP contribution in [0.5, 0.6) is 0 Å². The molecule has 0 bridgehead atoms. The second kappa shape index (κ2) is 15.7. The highest BCUT2D eigenvalue weighted by Gasteiger charge is 2.30. The van der Waals surface area contributed by atoms with Crippen LogP contribution in [0.1, 0.15) is 101 Å². The summed E-state index contributed by atoms with van der Waals surface area (Å²) in [5.41, 5.74) is 2.91. The number of aryl methyl sites for hydroxylation is 1. The molecule has 2 aromatic rings. The Labute approximate surface area is 250 Å². The third-order valence-corrected chi connectivity index (χ3v) is 9.98. The second-order valence-corrected chi connectivity index (χ2v) is 13.3. The first-order valence-corrected chi connectivity index (χ1v) is 16.8. The Kier molecular flexibility index (Phi) is 12.1. The lowest BCUT2D eigenvalue weighted by Crippen LogP contribution is -2.45. The van der Waals surface area contributed by atoms with Crippen LogP contribution in [0.2, 0.25) is 0 Å². The number of hydrogen-bond donors (Lipinski definition) is 1. The second-order valence-electron chi connectivity index (χ2n) is 12.2. The summed E-state index contributed by atoms with van der Waals surface area (Å²) < 4.78 is 1.13. The zero-order valence-corrected chi connectivity index (χ0v) is 26.0. The molecule has 0 spiro atoms. The summed E-state index contributed by atoms with van der Waals surface area (Å²) in [5.74, 6) is 0.0931. The number of likely N-dealkylation sites (tertiary alicyclic amines) is 1. The number of nitrogens with one attached hydrogen (secondary N) is 1. The van der Waals surface area contributed by atoms with Crippen LogP contribution in [0.4, 0.5) is 0 Å². The predicted molar refractivity (Wildman–Crippen MR) is 168 cm³/mol. The highest BCUT2D eigenvalue weighted by atomic mass is 32.1. The van der Waals surface area contributed by atoms with Gasteiger partial charge in [0.15, 0.2) is 5.78 Å². The van der Waals surface area contributed by atoms with Gasteiger partial charge in [-0.05, 0) is 81.6 Å². The number of aromatic nitrogens is 1. The fraction of sp³-hybridized carbons (Fsp3) is 0.647. The van der Waals surface area contributed by atoms with E-state index >= 15 is 0 Å². The van der Waals surface area contributed by atoms with Crippen LogP contribution in [0.25, 0.3) is 10.2 Å². The van der Waals surface area contributed by atoms with E-state index < -0.39 is 5.92 Å². The van der Waals surface area contributed by atoms with E-state index in [1.165, 1.54) is 24.8 Å². The maximum absolute atomic E-state index is 13.9. The zero-order valence-electron chi connectivity index (χ0n) is 25.2. The maximum Gasteiger partial charge on any atom is 0.224 e. The third-order valence-electron chi connectivity index (χ3n) is 8.94. The van der Waals surface area contributed by atoms with Crippen LogP contribution >= 0.6 is 11.3 Å². The van der Waals surface area contributed by atoms with Gasteiger partial charge in [-0.25, -0.2) is 4.98 Å². The van der Waals surface area contributed by atoms with Crippen molar-refractivity contribution in [2.24, 2.45) is 11.8 Å². The number of thiazole rings is 1. The minimum absolute atomic E-state index is 0.0578. The molecule has 2 heterocycles. The lowest BCUT2D eigenvalue weighted by molar-refractivity contribution is -0.130. The Hall–Kier alpha value is -2.38. The number of benzene rings is 1. The predicted octanol–water partition coefficient (Wildman–Crippen LogP) is 6.84. The molecule has 1 aromatic carbocycles. The van der Waals surface area contributed by atoms with Gasteiger partial charge < -0.3 is 5.32 Å². The van der Waals surface area contributed by atoms with E-state index in [0.717, 1.165) is 66.8 Å². The molecule has 6 nitrogen and oxygen atoms in total. The molecule has 2 atom stereocenters. The van der Waals surface area contributed by atoms with Crippen LogP contribution in [0, 0.1) is 11.8 Å². The molecular formula is C34H49N3O3S. The number of amides is 1. The van der Waals surface area contributed by atoms with Crippen molar-refractivity contribution in [3.8, 4) is 0 Å². The molecule has 0 unspecified atom stereocenters. The molecule has 224 valence electrons. The van der Waals surface area contributed by atoms with Crippen LogP contribution in [-0.4, -0.2) is 53.0 Å². The van der Waals surface area contributed by atoms with E-state index in [4.69, 9.17) is 4.98 Å². The van der Waals surface area contributed by atoms with Gasteiger partial charge in [0.25, 0.3) is 0 Å². The lowest BCUT2D eigenvalue weighted by Gasteiger charge is -2.32. The van der Waals surface area contributed by atoms with Crippen LogP contribution in [-0.2, 0) is 27.2 Å². The maximum atomic E-state index is 13.9. The molecule has 1 saturated carbocycles. The van der Waals surface area contributed by atoms with E-state index in [1.807, 2.05) is 6.92 Å². The molecule has 1 aromatic heterocycles. The van der Waals surface area contributed by atoms with Crippen molar-refractivity contribution >= 4 is 39.0 Å². The topological polar surface area (TPSA) is 79.4 Å². The van der Waals surface area contributed by atoms with Gasteiger partial charge >= 0.3 is 0 Å². The zero-order chi connectivity index (χ0) is 29.2. The number of carbonyl (C=O) groups is 3. The molecule has 0 radical (unpaired) electrons. The van der Waals surface area contributed by atoms with Crippen LogP contribution in [0.3, 0.4) is 0 Å². The number of rotatable bonds is 16. The molecule has 1 aliphatic heterocycles. The largest absolute Gasteiger partial charge is 0.353 e. The molecule has 1 aliphatic carbocycles. The SMILES string of the molecule is C=C(CN1CCCC1)C(=O)CC[C@@H](NC(=O)[C@@H](CC(=O)CCC)Cc1nc2ccc(CC)cc2s1)C1CCCCC1. The van der Waals surface area contributed by atoms with Gasteiger partial charge in [-0.1, -0.05) is 45.8 Å². The van der Waals surface area contributed by atoms with Crippen molar-refractivity contribution in [2.45, 2.75) is 110 Å². The van der Waals surface area contributed by atoms with Gasteiger partial charge in [-0.15, -0.1) is 11.3 Å². The third kappa shape index (κ3) is 9.31. The summed E-state index contributed by atoms with van der Waals surface area (Å²) in [5, 5.41) is 4.27. The molecule has 2 aliphatic rings. The van der Waals surface area contributed by atoms with Crippen LogP contribution < -0.4 is 5.32 Å². The monoisotopic (exact) mass is 579 g/mol. The molecule has 1 N–H and O–H groups in total. The Bertz CT molecular complexity index is 1190. The molecular weight excluding hydrogens is 530 g/mol. The molecule has 41 heavy (non-hydrogen) atoms. The molecule has 7 heteroatoms. The van der Waals surface area contributed by atoms with Crippen molar-refractivity contribution in [1.82, 2.24) is 15.2 Å². The number of carbonyl (C=O) groups excluding carboxylic acids is 3. The van der Waals surface area contributed by atoms with Gasteiger partial charge in [0.05, 0.1) is 21.1 Å². The normalized spacial score (nSPS) is 17.9. The van der Waals surface area contributed by atoms with Gasteiger partial charge in [0.2, 0.25) is 5.91 Å². The lowest BCUT2D eigenvalue weighted by atomic mass is 9.81. The summed E-state index contributed by atoms with van der Waals surface area (Å²) in [4.78, 5) is 46.8. The van der Waals surface area contributed by atoms with Crippen molar-refractivity contribution in [3.63, 3.8) is 0 Å². The first kappa shape index (κ1) is 31.6. The van der Waals surface area contributed by atoms with Gasteiger partial charge in [-0.3, -0.25) is 19.3 Å². The van der Waals surface area contributed by atoms with E-state index in [1.54, 1.807) is 11.3 Å². The summed E-state index contributed by atoms with van der Waals surface area (Å²) in [6, 6.07) is 6.29. The average Bonchev–Trinajstić information content (AvgIpc) is 3.64. The fourth-order valence-corrected chi connectivity index (χ4v) is 7.58. The fourth-order valence-electron chi connectivity index (χ4n) is 6.47. The number of ketones is 2. The highest BCUT2D eigenvalue weighted by molar-refractivity contribution is 7.18. The number of fused-ring (bicyclic) bond motifs is 1. The standard InChI is InChI=1S/C34H49N3O3S/c1-4-11-28(38)21-27(22-33-35-30-15-14-25(5-2)20-32(30)41-33)34(40)36-29(26-12-7-6-8-13-26)16-17-31(39)24(3)23-37-18-9-10-19-37/h14-15,20,26-27,29H,3-13,16-19,21-23H2,1-2H3,(H,36,40)/t27-,29+/m0/s1. The van der Waals surface area contributed by atoms with Gasteiger partial charge in [0, 0.05) is 43.8 Å². The Morgan fingerprint density at radius 1 is 1.07 bits per heavy atom. The summed E-state index contributed by atoms with van der Waals surface area (Å²) >= 11 is 1.63. The van der Waals surface area contributed by atoms with Gasteiger partial charge in [-0.2, -0.15) is 0 Å². The van der Waals surface area contributed by atoms with E-state index in [0.29, 0.717) is 43.7 Å². The van der Waals surface area contributed by atoms with Crippen LogP contribution in [0.15, 0.2) is 30.4 Å². The Morgan fingerprint density at radius 3 is 2.54 bits per heavy atom. The van der Waals surface area contributed by atoms with Crippen molar-refractivity contribution in [1.29, 1.82) is 0 Å². The van der Waals surface area contributed by atoms with Crippen molar-refractivity contribution in [2.75, 3.05) is 19.6 Å². The van der Waals surface area contributed by atoms with E-state index in [9.17, 15) is 14.4 Å². The first-order chi connectivity index (χ1) is 19.9. The highest BCUT2D eigenvalue weighted by Crippen LogP contribution is 2.30. The first-order valence-electron chi connectivity index (χ1n) is 16.0. The van der Waals surface area contributed by atoms with E-state index in [-0.39, 0.29) is 29.9 Å². The minimum Gasteiger partial charge on any atom is -0.353 e. The minimum atomic E-state index is -0.452. The average molecular weight is 580 g/mol. The van der Waals surface area contributed by atoms with Crippen molar-refractivity contribution in [3.05, 3.63) is 40.9 Å².